The Morgan fingerprint density at radius 3 is 2.74 bits per heavy atom. The van der Waals surface area contributed by atoms with Gasteiger partial charge in [-0.15, -0.1) is 0 Å². The number of ether oxygens (including phenoxy) is 3. The Balaban J connectivity index is 1.30. The fraction of sp³-hybridized carbons (Fsp3) is 0.286. The van der Waals surface area contributed by atoms with Crippen LogP contribution >= 0.6 is 0 Å². The molecule has 1 amide bonds. The molecule has 0 radical (unpaired) electrons. The first-order valence-corrected chi connectivity index (χ1v) is 10.4. The van der Waals surface area contributed by atoms with Crippen molar-refractivity contribution in [3.05, 3.63) is 58.4 Å². The highest BCUT2D eigenvalue weighted by atomic mass is 19.1. The number of anilines is 1. The molecular formula is C21H18F2N5O7+. The second-order valence-electron chi connectivity index (χ2n) is 7.87. The second-order valence-corrected chi connectivity index (χ2v) is 7.87. The van der Waals surface area contributed by atoms with Crippen molar-refractivity contribution in [1.82, 2.24) is 9.97 Å². The first-order valence-electron chi connectivity index (χ1n) is 10.4. The molecule has 0 aliphatic carbocycles. The maximum absolute atomic E-state index is 14.8. The minimum atomic E-state index is -0.908. The van der Waals surface area contributed by atoms with Crippen LogP contribution in [0.3, 0.4) is 0 Å². The highest BCUT2D eigenvalue weighted by molar-refractivity contribution is 5.90. The molecule has 4 heterocycles. The van der Waals surface area contributed by atoms with E-state index in [9.17, 15) is 23.7 Å². The van der Waals surface area contributed by atoms with E-state index in [-0.39, 0.29) is 54.2 Å². The maximum atomic E-state index is 14.8. The number of carbonyl (C=O) groups is 1. The number of nitro groups is 1. The molecule has 2 atom stereocenters. The van der Waals surface area contributed by atoms with Crippen LogP contribution in [0.15, 0.2) is 36.7 Å². The van der Waals surface area contributed by atoms with Gasteiger partial charge in [-0.2, -0.15) is 9.55 Å². The lowest BCUT2D eigenvalue weighted by molar-refractivity contribution is -0.716. The molecule has 1 fully saturated rings. The van der Waals surface area contributed by atoms with Crippen LogP contribution in [0.4, 0.5) is 25.1 Å². The Bertz CT molecular complexity index is 1280. The van der Waals surface area contributed by atoms with E-state index in [1.54, 1.807) is 0 Å². The molecule has 182 valence electrons. The maximum Gasteiger partial charge on any atom is 0.457 e. The first kappa shape index (κ1) is 22.5. The van der Waals surface area contributed by atoms with E-state index in [1.165, 1.54) is 29.1 Å². The second kappa shape index (κ2) is 8.79. The van der Waals surface area contributed by atoms with Crippen molar-refractivity contribution < 1.29 is 42.4 Å². The lowest BCUT2D eigenvalue weighted by Crippen LogP contribution is -2.49. The molecule has 0 bridgehead atoms. The fourth-order valence-electron chi connectivity index (χ4n) is 3.87. The highest BCUT2D eigenvalue weighted by Gasteiger charge is 2.33. The van der Waals surface area contributed by atoms with E-state index in [0.29, 0.717) is 0 Å². The van der Waals surface area contributed by atoms with Crippen LogP contribution < -0.4 is 18.9 Å². The van der Waals surface area contributed by atoms with E-state index >= 15 is 0 Å². The lowest BCUT2D eigenvalue weighted by Gasteiger charge is -2.20. The summed E-state index contributed by atoms with van der Waals surface area (Å²) in [6.07, 6.45) is 0.465. The third-order valence-electron chi connectivity index (χ3n) is 5.51. The molecule has 12 nitrogen and oxygen atoms in total. The van der Waals surface area contributed by atoms with Crippen LogP contribution in [0.2, 0.25) is 0 Å². The monoisotopic (exact) mass is 490 g/mol. The van der Waals surface area contributed by atoms with Gasteiger partial charge in [-0.25, -0.2) is 18.6 Å². The van der Waals surface area contributed by atoms with Gasteiger partial charge >= 0.3 is 17.9 Å². The number of rotatable bonds is 6. The molecule has 0 saturated carbocycles. The number of aliphatic hydroxyl groups excluding tert-OH is 1. The summed E-state index contributed by atoms with van der Waals surface area (Å²) in [4.78, 5) is 29.9. The smallest absolute Gasteiger partial charge is 0.457 e. The molecule has 2 aliphatic heterocycles. The Labute approximate surface area is 195 Å². The number of pyridine rings is 1. The van der Waals surface area contributed by atoms with Gasteiger partial charge < -0.3 is 29.4 Å². The molecule has 0 unspecified atom stereocenters. The van der Waals surface area contributed by atoms with E-state index < -0.39 is 41.5 Å². The number of imidazole rings is 1. The molecule has 2 N–H and O–H groups in total. The number of hydrogen-bond donors (Lipinski definition) is 2. The van der Waals surface area contributed by atoms with E-state index in [4.69, 9.17) is 19.3 Å². The summed E-state index contributed by atoms with van der Waals surface area (Å²) >= 11 is 0. The van der Waals surface area contributed by atoms with Crippen molar-refractivity contribution in [2.45, 2.75) is 18.8 Å². The van der Waals surface area contributed by atoms with Gasteiger partial charge in [-0.1, -0.05) is 0 Å². The average Bonchev–Trinajstić information content (AvgIpc) is 3.43. The molecule has 5 rings (SSSR count). The topological polar surface area (TPSA) is 144 Å². The standard InChI is InChI=1S/C21H17F2N5O7/c22-15-3-12(27-7-13(9-29)35-21(27)30)4-16(23)19(15)11-1-2-18(24-5-11)34-14-6-26-8-17(28(31)32)25-20(26)33-10-14/h1-5,8,13-14,29H,6-7,9-10H2/p+1/t13-,14+/m1/s1. The van der Waals surface area contributed by atoms with Gasteiger partial charge in [0.1, 0.15) is 30.9 Å². The van der Waals surface area contributed by atoms with Crippen molar-refractivity contribution in [2.24, 2.45) is 0 Å². The van der Waals surface area contributed by atoms with Gasteiger partial charge in [0.05, 0.1) is 24.4 Å². The van der Waals surface area contributed by atoms with Gasteiger partial charge in [-0.05, 0) is 23.1 Å². The molecule has 1 saturated heterocycles. The minimum absolute atomic E-state index is 0.0259. The first-order chi connectivity index (χ1) is 16.8. The molecule has 2 aromatic heterocycles. The Morgan fingerprint density at radius 1 is 1.34 bits per heavy atom. The van der Waals surface area contributed by atoms with Crippen LogP contribution in [0.5, 0.6) is 11.9 Å². The van der Waals surface area contributed by atoms with Crippen LogP contribution in [-0.4, -0.2) is 58.1 Å². The van der Waals surface area contributed by atoms with Crippen molar-refractivity contribution in [3.63, 3.8) is 0 Å². The summed E-state index contributed by atoms with van der Waals surface area (Å²) < 4.78 is 47.3. The zero-order valence-corrected chi connectivity index (χ0v) is 17.9. The molecule has 14 heteroatoms. The number of benzene rings is 1. The molecule has 3 aromatic rings. The van der Waals surface area contributed by atoms with Crippen LogP contribution in [0.25, 0.3) is 11.1 Å². The van der Waals surface area contributed by atoms with Crippen molar-refractivity contribution in [3.8, 4) is 23.0 Å². The number of amides is 1. The number of cyclic esters (lactones) is 1. The summed E-state index contributed by atoms with van der Waals surface area (Å²) in [5.41, 5.74) is -0.217. The zero-order chi connectivity index (χ0) is 24.7. The Kier molecular flexibility index (Phi) is 5.64. The van der Waals surface area contributed by atoms with E-state index in [1.807, 2.05) is 0 Å². The number of hydrogen-bond acceptors (Lipinski definition) is 8. The molecular weight excluding hydrogens is 472 g/mol. The Hall–Kier alpha value is -4.33. The van der Waals surface area contributed by atoms with Gasteiger partial charge in [-0.3, -0.25) is 4.90 Å². The number of fused-ring (bicyclic) bond motifs is 1. The summed E-state index contributed by atoms with van der Waals surface area (Å²) in [7, 11) is 0. The normalized spacial score (nSPS) is 19.2. The number of aromatic nitrogens is 3. The highest BCUT2D eigenvalue weighted by Crippen LogP contribution is 2.32. The number of H-pyrrole nitrogens is 1. The number of halogens is 2. The van der Waals surface area contributed by atoms with E-state index in [2.05, 4.69) is 9.97 Å². The van der Waals surface area contributed by atoms with Crippen LogP contribution in [0.1, 0.15) is 0 Å². The van der Waals surface area contributed by atoms with E-state index in [0.717, 1.165) is 17.0 Å². The average molecular weight is 490 g/mol. The quantitative estimate of drug-likeness (QED) is 0.302. The number of aliphatic hydroxyl groups is 1. The molecule has 35 heavy (non-hydrogen) atoms. The Morgan fingerprint density at radius 2 is 2.11 bits per heavy atom. The largest absolute Gasteiger partial charge is 0.466 e. The summed E-state index contributed by atoms with van der Waals surface area (Å²) in [6, 6.07) is 5.12. The summed E-state index contributed by atoms with van der Waals surface area (Å²) in [6.45, 7) is -0.0446. The van der Waals surface area contributed by atoms with Gasteiger partial charge in [0, 0.05) is 17.8 Å². The summed E-state index contributed by atoms with van der Waals surface area (Å²) in [5, 5.41) is 20.0. The van der Waals surface area contributed by atoms with Crippen LogP contribution in [0, 0.1) is 21.7 Å². The van der Waals surface area contributed by atoms with Gasteiger partial charge in [0.2, 0.25) is 5.88 Å². The number of carbonyl (C=O) groups excluding carboxylic acids is 1. The predicted octanol–water partition coefficient (Wildman–Crippen LogP) is 1.71. The molecule has 1 aromatic carbocycles. The number of nitrogens with zero attached hydrogens (tertiary/aromatic N) is 4. The SMILES string of the molecule is O=C1O[C@@H](CO)CN1c1cc(F)c(-c2ccc(O[C@@H]3COc4[nH]c([N+](=O)[O-])c[n+]4C3)nc2)c(F)c1. The number of aromatic amines is 1. The van der Waals surface area contributed by atoms with Crippen molar-refractivity contribution >= 4 is 17.6 Å². The number of nitrogens with one attached hydrogen (secondary N) is 1. The van der Waals surface area contributed by atoms with Crippen molar-refractivity contribution in [2.75, 3.05) is 24.7 Å². The van der Waals surface area contributed by atoms with Gasteiger partial charge in [0.15, 0.2) is 12.3 Å². The minimum Gasteiger partial charge on any atom is -0.466 e. The van der Waals surface area contributed by atoms with Crippen LogP contribution in [-0.2, 0) is 11.3 Å². The van der Waals surface area contributed by atoms with Crippen molar-refractivity contribution in [1.29, 1.82) is 0 Å². The van der Waals surface area contributed by atoms with Gasteiger partial charge in [0.25, 0.3) is 0 Å². The predicted molar refractivity (Wildman–Crippen MR) is 112 cm³/mol. The third kappa shape index (κ3) is 4.30. The summed E-state index contributed by atoms with van der Waals surface area (Å²) in [5.74, 6) is -1.86. The fourth-order valence-corrected chi connectivity index (χ4v) is 3.87. The molecule has 2 aliphatic rings. The lowest BCUT2D eigenvalue weighted by atomic mass is 10.1. The third-order valence-corrected chi connectivity index (χ3v) is 5.51. The zero-order valence-electron chi connectivity index (χ0n) is 17.9. The molecule has 0 spiro atoms.